The summed E-state index contributed by atoms with van der Waals surface area (Å²) in [7, 11) is 0. The molecular weight excluding hydrogens is 218 g/mol. The standard InChI is InChI=1S/C12H19N3O2/c1-12(2,3)15-5-4-13-10(11(15)17)14-8-6-9(16)7-8/h4-5,8-9,16H,6-7H2,1-3H3,(H,13,14). The Morgan fingerprint density at radius 3 is 2.65 bits per heavy atom. The maximum absolute atomic E-state index is 12.1. The molecule has 2 N–H and O–H groups in total. The highest BCUT2D eigenvalue weighted by Crippen LogP contribution is 2.22. The normalized spacial score (nSPS) is 24.2. The summed E-state index contributed by atoms with van der Waals surface area (Å²) in [6.07, 6.45) is 4.46. The molecule has 5 nitrogen and oxygen atoms in total. The predicted molar refractivity (Wildman–Crippen MR) is 66.1 cm³/mol. The maximum atomic E-state index is 12.1. The van der Waals surface area contributed by atoms with Crippen LogP contribution in [0.3, 0.4) is 0 Å². The zero-order valence-corrected chi connectivity index (χ0v) is 10.5. The van der Waals surface area contributed by atoms with E-state index in [0.29, 0.717) is 18.7 Å². The molecule has 1 saturated carbocycles. The van der Waals surface area contributed by atoms with Crippen LogP contribution in [0.4, 0.5) is 5.82 Å². The molecule has 0 aromatic carbocycles. The molecule has 0 spiro atoms. The second-order valence-electron chi connectivity index (χ2n) is 5.59. The van der Waals surface area contributed by atoms with Crippen LogP contribution in [0.15, 0.2) is 17.2 Å². The van der Waals surface area contributed by atoms with Crippen LogP contribution in [0.5, 0.6) is 0 Å². The van der Waals surface area contributed by atoms with Gasteiger partial charge in [0.1, 0.15) is 0 Å². The second kappa shape index (κ2) is 4.14. The number of aliphatic hydroxyl groups is 1. The van der Waals surface area contributed by atoms with Gasteiger partial charge < -0.3 is 15.0 Å². The van der Waals surface area contributed by atoms with E-state index in [2.05, 4.69) is 10.3 Å². The third-order valence-corrected chi connectivity index (χ3v) is 3.02. The van der Waals surface area contributed by atoms with Gasteiger partial charge in [-0.05, 0) is 33.6 Å². The van der Waals surface area contributed by atoms with E-state index in [1.54, 1.807) is 17.0 Å². The van der Waals surface area contributed by atoms with Crippen LogP contribution in [0.25, 0.3) is 0 Å². The lowest BCUT2D eigenvalue weighted by atomic mass is 9.89. The second-order valence-corrected chi connectivity index (χ2v) is 5.59. The van der Waals surface area contributed by atoms with Gasteiger partial charge in [0, 0.05) is 24.0 Å². The highest BCUT2D eigenvalue weighted by atomic mass is 16.3. The molecule has 1 aliphatic carbocycles. The van der Waals surface area contributed by atoms with Crippen molar-refractivity contribution >= 4 is 5.82 Å². The molecule has 1 fully saturated rings. The van der Waals surface area contributed by atoms with Gasteiger partial charge in [0.25, 0.3) is 5.56 Å². The molecule has 1 aromatic heterocycles. The van der Waals surface area contributed by atoms with E-state index in [0.717, 1.165) is 0 Å². The number of nitrogens with one attached hydrogen (secondary N) is 1. The van der Waals surface area contributed by atoms with Crippen LogP contribution in [0, 0.1) is 0 Å². The molecule has 0 radical (unpaired) electrons. The topological polar surface area (TPSA) is 67.2 Å². The minimum atomic E-state index is -0.254. The minimum absolute atomic E-state index is 0.110. The van der Waals surface area contributed by atoms with Crippen LogP contribution in [-0.2, 0) is 5.54 Å². The van der Waals surface area contributed by atoms with E-state index in [4.69, 9.17) is 0 Å². The molecule has 0 aliphatic heterocycles. The van der Waals surface area contributed by atoms with Gasteiger partial charge in [-0.25, -0.2) is 4.98 Å². The van der Waals surface area contributed by atoms with Gasteiger partial charge >= 0.3 is 0 Å². The molecule has 0 amide bonds. The lowest BCUT2D eigenvalue weighted by Crippen LogP contribution is -2.42. The molecule has 17 heavy (non-hydrogen) atoms. The highest BCUT2D eigenvalue weighted by molar-refractivity contribution is 5.33. The van der Waals surface area contributed by atoms with E-state index in [1.165, 1.54) is 0 Å². The molecule has 2 rings (SSSR count). The van der Waals surface area contributed by atoms with Crippen LogP contribution in [0.2, 0.25) is 0 Å². The van der Waals surface area contributed by atoms with Crippen LogP contribution in [0.1, 0.15) is 33.6 Å². The molecule has 5 heteroatoms. The Kier molecular flexibility index (Phi) is 2.95. The summed E-state index contributed by atoms with van der Waals surface area (Å²) in [5.74, 6) is 0.374. The van der Waals surface area contributed by atoms with Crippen molar-refractivity contribution in [2.24, 2.45) is 0 Å². The minimum Gasteiger partial charge on any atom is -0.393 e. The molecular formula is C12H19N3O2. The van der Waals surface area contributed by atoms with Crippen LogP contribution < -0.4 is 10.9 Å². The molecule has 0 unspecified atom stereocenters. The summed E-state index contributed by atoms with van der Waals surface area (Å²) in [4.78, 5) is 16.2. The quantitative estimate of drug-likeness (QED) is 0.803. The summed E-state index contributed by atoms with van der Waals surface area (Å²) < 4.78 is 1.66. The van der Waals surface area contributed by atoms with Crippen molar-refractivity contribution in [3.63, 3.8) is 0 Å². The molecule has 1 aliphatic rings. The SMILES string of the molecule is CC(C)(C)n1ccnc(NC2CC(O)C2)c1=O. The Hall–Kier alpha value is -1.36. The zero-order chi connectivity index (χ0) is 12.6. The monoisotopic (exact) mass is 237 g/mol. The Bertz CT molecular complexity index is 456. The van der Waals surface area contributed by atoms with Crippen molar-refractivity contribution in [3.8, 4) is 0 Å². The van der Waals surface area contributed by atoms with Gasteiger partial charge in [0.15, 0.2) is 5.82 Å². The van der Waals surface area contributed by atoms with Crippen LogP contribution >= 0.6 is 0 Å². The molecule has 1 heterocycles. The maximum Gasteiger partial charge on any atom is 0.293 e. The van der Waals surface area contributed by atoms with E-state index < -0.39 is 0 Å². The average Bonchev–Trinajstić information content (AvgIpc) is 2.16. The number of hydrogen-bond donors (Lipinski definition) is 2. The Balaban J connectivity index is 2.21. The smallest absolute Gasteiger partial charge is 0.293 e. The van der Waals surface area contributed by atoms with Crippen LogP contribution in [-0.4, -0.2) is 26.8 Å². The summed E-state index contributed by atoms with van der Waals surface area (Å²) in [6.45, 7) is 5.93. The number of nitrogens with zero attached hydrogens (tertiary/aromatic N) is 2. The Labute approximate surface area is 100 Å². The van der Waals surface area contributed by atoms with Crippen molar-refractivity contribution in [1.29, 1.82) is 0 Å². The number of anilines is 1. The van der Waals surface area contributed by atoms with Gasteiger partial charge in [-0.15, -0.1) is 0 Å². The number of hydrogen-bond acceptors (Lipinski definition) is 4. The van der Waals surface area contributed by atoms with Gasteiger partial charge in [-0.2, -0.15) is 0 Å². The summed E-state index contributed by atoms with van der Waals surface area (Å²) in [5, 5.41) is 12.3. The van der Waals surface area contributed by atoms with Crippen molar-refractivity contribution in [3.05, 3.63) is 22.7 Å². The van der Waals surface area contributed by atoms with Crippen molar-refractivity contribution in [1.82, 2.24) is 9.55 Å². The van der Waals surface area contributed by atoms with E-state index in [-0.39, 0.29) is 23.2 Å². The fourth-order valence-corrected chi connectivity index (χ4v) is 1.94. The first-order chi connectivity index (χ1) is 7.88. The third-order valence-electron chi connectivity index (χ3n) is 3.02. The largest absolute Gasteiger partial charge is 0.393 e. The number of aliphatic hydroxyl groups excluding tert-OH is 1. The molecule has 94 valence electrons. The lowest BCUT2D eigenvalue weighted by molar-refractivity contribution is 0.0834. The molecule has 0 saturated heterocycles. The van der Waals surface area contributed by atoms with Gasteiger partial charge in [0.2, 0.25) is 0 Å². The van der Waals surface area contributed by atoms with Gasteiger partial charge in [-0.3, -0.25) is 4.79 Å². The van der Waals surface area contributed by atoms with Gasteiger partial charge in [0.05, 0.1) is 6.10 Å². The van der Waals surface area contributed by atoms with Crippen molar-refractivity contribution < 1.29 is 5.11 Å². The fraction of sp³-hybridized carbons (Fsp3) is 0.667. The predicted octanol–water partition coefficient (Wildman–Crippen LogP) is 0.933. The average molecular weight is 237 g/mol. The first-order valence-electron chi connectivity index (χ1n) is 5.90. The van der Waals surface area contributed by atoms with E-state index >= 15 is 0 Å². The van der Waals surface area contributed by atoms with Crippen molar-refractivity contribution in [2.45, 2.75) is 51.3 Å². The third kappa shape index (κ3) is 2.49. The number of rotatable bonds is 2. The summed E-state index contributed by atoms with van der Waals surface area (Å²) >= 11 is 0. The highest BCUT2D eigenvalue weighted by Gasteiger charge is 2.28. The van der Waals surface area contributed by atoms with Crippen molar-refractivity contribution in [2.75, 3.05) is 5.32 Å². The Morgan fingerprint density at radius 2 is 2.12 bits per heavy atom. The number of aromatic nitrogens is 2. The molecule has 0 bridgehead atoms. The van der Waals surface area contributed by atoms with E-state index in [1.807, 2.05) is 20.8 Å². The molecule has 1 aromatic rings. The lowest BCUT2D eigenvalue weighted by Gasteiger charge is -2.32. The summed E-state index contributed by atoms with van der Waals surface area (Å²) in [5.41, 5.74) is -0.364. The van der Waals surface area contributed by atoms with Gasteiger partial charge in [-0.1, -0.05) is 0 Å². The zero-order valence-electron chi connectivity index (χ0n) is 10.5. The first kappa shape index (κ1) is 12.1. The van der Waals surface area contributed by atoms with E-state index in [9.17, 15) is 9.90 Å². The first-order valence-corrected chi connectivity index (χ1v) is 5.90. The fourth-order valence-electron chi connectivity index (χ4n) is 1.94. The Morgan fingerprint density at radius 1 is 1.47 bits per heavy atom. The summed E-state index contributed by atoms with van der Waals surface area (Å²) in [6, 6.07) is 0.168. The molecule has 0 atom stereocenters.